The highest BCUT2D eigenvalue weighted by atomic mass is 32.2. The number of amides is 1. The first-order valence-corrected chi connectivity index (χ1v) is 9.01. The molecule has 120 valence electrons. The standard InChI is InChI=1S/C15H15N3O3S2/c1-3-7-17-23(20,21)13-6-4-5-12(8-13)15(19)16-9-14-18-11(2)10-22-14/h1,4-6,8,10,17H,7,9H2,2H3,(H,16,19). The van der Waals surface area contributed by atoms with E-state index in [4.69, 9.17) is 6.42 Å². The highest BCUT2D eigenvalue weighted by Crippen LogP contribution is 2.12. The van der Waals surface area contributed by atoms with Crippen LogP contribution in [0.5, 0.6) is 0 Å². The fourth-order valence-corrected chi connectivity index (χ4v) is 3.46. The Labute approximate surface area is 139 Å². The number of sulfonamides is 1. The van der Waals surface area contributed by atoms with Gasteiger partial charge in [-0.05, 0) is 25.1 Å². The van der Waals surface area contributed by atoms with Crippen molar-refractivity contribution in [3.8, 4) is 12.3 Å². The van der Waals surface area contributed by atoms with Crippen LogP contribution in [0.1, 0.15) is 21.1 Å². The molecule has 0 aliphatic carbocycles. The summed E-state index contributed by atoms with van der Waals surface area (Å²) in [7, 11) is -3.73. The van der Waals surface area contributed by atoms with Gasteiger partial charge in [-0.2, -0.15) is 4.72 Å². The number of nitrogens with zero attached hydrogens (tertiary/aromatic N) is 1. The van der Waals surface area contributed by atoms with Gasteiger partial charge in [0.2, 0.25) is 10.0 Å². The zero-order valence-electron chi connectivity index (χ0n) is 12.4. The smallest absolute Gasteiger partial charge is 0.251 e. The molecule has 0 fully saturated rings. The summed E-state index contributed by atoms with van der Waals surface area (Å²) >= 11 is 1.45. The van der Waals surface area contributed by atoms with Crippen molar-refractivity contribution in [1.82, 2.24) is 15.0 Å². The van der Waals surface area contributed by atoms with Crippen molar-refractivity contribution >= 4 is 27.3 Å². The first-order valence-electron chi connectivity index (χ1n) is 6.65. The number of hydrogen-bond acceptors (Lipinski definition) is 5. The van der Waals surface area contributed by atoms with Crippen LogP contribution < -0.4 is 10.0 Å². The van der Waals surface area contributed by atoms with E-state index in [1.807, 2.05) is 12.3 Å². The maximum atomic E-state index is 12.1. The minimum atomic E-state index is -3.73. The molecule has 1 amide bonds. The third-order valence-electron chi connectivity index (χ3n) is 2.84. The van der Waals surface area contributed by atoms with Crippen LogP contribution in [0.15, 0.2) is 34.5 Å². The summed E-state index contributed by atoms with van der Waals surface area (Å²) in [6.07, 6.45) is 5.04. The largest absolute Gasteiger partial charge is 0.346 e. The normalized spacial score (nSPS) is 11.0. The number of benzene rings is 1. The Kier molecular flexibility index (Phi) is 5.50. The molecule has 0 aliphatic heterocycles. The van der Waals surface area contributed by atoms with Crippen LogP contribution in [0.2, 0.25) is 0 Å². The number of aryl methyl sites for hydroxylation is 1. The van der Waals surface area contributed by atoms with E-state index in [1.54, 1.807) is 6.07 Å². The molecule has 0 bridgehead atoms. The number of hydrogen-bond donors (Lipinski definition) is 2. The van der Waals surface area contributed by atoms with Crippen molar-refractivity contribution in [3.63, 3.8) is 0 Å². The zero-order chi connectivity index (χ0) is 16.9. The molecule has 23 heavy (non-hydrogen) atoms. The molecule has 0 spiro atoms. The van der Waals surface area contributed by atoms with Crippen molar-refractivity contribution in [2.24, 2.45) is 0 Å². The van der Waals surface area contributed by atoms with Gasteiger partial charge >= 0.3 is 0 Å². The Morgan fingerprint density at radius 3 is 2.87 bits per heavy atom. The Balaban J connectivity index is 2.09. The van der Waals surface area contributed by atoms with E-state index in [2.05, 4.69) is 20.9 Å². The van der Waals surface area contributed by atoms with E-state index in [0.717, 1.165) is 10.7 Å². The number of nitrogens with one attached hydrogen (secondary N) is 2. The fourth-order valence-electron chi connectivity index (χ4n) is 1.77. The van der Waals surface area contributed by atoms with Crippen molar-refractivity contribution in [3.05, 3.63) is 45.9 Å². The molecule has 1 aromatic heterocycles. The molecule has 0 atom stereocenters. The third kappa shape index (κ3) is 4.63. The van der Waals surface area contributed by atoms with Gasteiger partial charge in [-0.3, -0.25) is 4.79 Å². The summed E-state index contributed by atoms with van der Waals surface area (Å²) in [6.45, 7) is 2.06. The molecular formula is C15H15N3O3S2. The molecule has 1 aromatic carbocycles. The molecule has 2 N–H and O–H groups in total. The van der Waals surface area contributed by atoms with E-state index in [1.165, 1.54) is 29.5 Å². The lowest BCUT2D eigenvalue weighted by atomic mass is 10.2. The van der Waals surface area contributed by atoms with Crippen molar-refractivity contribution in [2.75, 3.05) is 6.54 Å². The Morgan fingerprint density at radius 2 is 2.22 bits per heavy atom. The van der Waals surface area contributed by atoms with E-state index in [9.17, 15) is 13.2 Å². The topological polar surface area (TPSA) is 88.2 Å². The monoisotopic (exact) mass is 349 g/mol. The van der Waals surface area contributed by atoms with Crippen LogP contribution in [0.3, 0.4) is 0 Å². The number of rotatable bonds is 6. The lowest BCUT2D eigenvalue weighted by molar-refractivity contribution is 0.0950. The van der Waals surface area contributed by atoms with Crippen molar-refractivity contribution in [1.29, 1.82) is 0 Å². The predicted molar refractivity (Wildman–Crippen MR) is 88.5 cm³/mol. The highest BCUT2D eigenvalue weighted by Gasteiger charge is 2.15. The summed E-state index contributed by atoms with van der Waals surface area (Å²) in [6, 6.07) is 5.76. The number of carbonyl (C=O) groups is 1. The first-order chi connectivity index (χ1) is 10.9. The second-order valence-corrected chi connectivity index (χ2v) is 7.33. The molecule has 2 rings (SSSR count). The van der Waals surface area contributed by atoms with Gasteiger partial charge in [0.15, 0.2) is 0 Å². The molecule has 2 aromatic rings. The molecular weight excluding hydrogens is 334 g/mol. The molecule has 0 radical (unpaired) electrons. The Bertz CT molecular complexity index is 851. The number of aromatic nitrogens is 1. The van der Waals surface area contributed by atoms with Gasteiger partial charge in [-0.25, -0.2) is 13.4 Å². The van der Waals surface area contributed by atoms with E-state index >= 15 is 0 Å². The first kappa shape index (κ1) is 17.1. The third-order valence-corrected chi connectivity index (χ3v) is 5.20. The molecule has 0 saturated heterocycles. The van der Waals surface area contributed by atoms with Crippen LogP contribution in [0.25, 0.3) is 0 Å². The van der Waals surface area contributed by atoms with Gasteiger partial charge in [0, 0.05) is 16.6 Å². The molecule has 0 saturated carbocycles. The molecule has 8 heteroatoms. The van der Waals surface area contributed by atoms with E-state index in [-0.39, 0.29) is 22.9 Å². The Hall–Kier alpha value is -2.21. The summed E-state index contributed by atoms with van der Waals surface area (Å²) in [4.78, 5) is 16.4. The number of terminal acetylenes is 1. The SMILES string of the molecule is C#CCNS(=O)(=O)c1cccc(C(=O)NCc2nc(C)cs2)c1. The van der Waals surface area contributed by atoms with Gasteiger partial charge in [-0.1, -0.05) is 12.0 Å². The number of carbonyl (C=O) groups excluding carboxylic acids is 1. The van der Waals surface area contributed by atoms with Gasteiger partial charge < -0.3 is 5.32 Å². The van der Waals surface area contributed by atoms with E-state index in [0.29, 0.717) is 6.54 Å². The highest BCUT2D eigenvalue weighted by molar-refractivity contribution is 7.89. The minimum Gasteiger partial charge on any atom is -0.346 e. The zero-order valence-corrected chi connectivity index (χ0v) is 14.0. The summed E-state index contributed by atoms with van der Waals surface area (Å²) < 4.78 is 26.3. The molecule has 0 unspecified atom stereocenters. The summed E-state index contributed by atoms with van der Waals surface area (Å²) in [5, 5.41) is 5.39. The number of thiazole rings is 1. The van der Waals surface area contributed by atoms with E-state index < -0.39 is 10.0 Å². The maximum absolute atomic E-state index is 12.1. The quantitative estimate of drug-likeness (QED) is 0.769. The van der Waals surface area contributed by atoms with Crippen LogP contribution in [0.4, 0.5) is 0 Å². The molecule has 6 nitrogen and oxygen atoms in total. The van der Waals surface area contributed by atoms with Gasteiger partial charge in [0.25, 0.3) is 5.91 Å². The predicted octanol–water partition coefficient (Wildman–Crippen LogP) is 1.29. The van der Waals surface area contributed by atoms with Gasteiger partial charge in [-0.15, -0.1) is 17.8 Å². The van der Waals surface area contributed by atoms with Crippen LogP contribution in [0, 0.1) is 19.3 Å². The van der Waals surface area contributed by atoms with Gasteiger partial charge in [0.1, 0.15) is 5.01 Å². The van der Waals surface area contributed by atoms with Crippen LogP contribution >= 0.6 is 11.3 Å². The fraction of sp³-hybridized carbons (Fsp3) is 0.200. The van der Waals surface area contributed by atoms with Crippen molar-refractivity contribution < 1.29 is 13.2 Å². The lowest BCUT2D eigenvalue weighted by Gasteiger charge is -2.07. The lowest BCUT2D eigenvalue weighted by Crippen LogP contribution is -2.25. The average Bonchev–Trinajstić information content (AvgIpc) is 2.96. The van der Waals surface area contributed by atoms with Crippen LogP contribution in [-0.2, 0) is 16.6 Å². The summed E-state index contributed by atoms with van der Waals surface area (Å²) in [5.41, 5.74) is 1.15. The maximum Gasteiger partial charge on any atom is 0.251 e. The average molecular weight is 349 g/mol. The van der Waals surface area contributed by atoms with Crippen molar-refractivity contribution in [2.45, 2.75) is 18.4 Å². The molecule has 1 heterocycles. The second-order valence-electron chi connectivity index (χ2n) is 4.62. The van der Waals surface area contributed by atoms with Gasteiger partial charge in [0.05, 0.1) is 18.0 Å². The van der Waals surface area contributed by atoms with Crippen LogP contribution in [-0.4, -0.2) is 25.9 Å². The Morgan fingerprint density at radius 1 is 1.43 bits per heavy atom. The minimum absolute atomic E-state index is 0.00880. The molecule has 0 aliphatic rings. The second kappa shape index (κ2) is 7.37. The summed E-state index contributed by atoms with van der Waals surface area (Å²) in [5.74, 6) is 1.83.